The van der Waals surface area contributed by atoms with E-state index >= 15 is 0 Å². The molecule has 0 unspecified atom stereocenters. The Morgan fingerprint density at radius 2 is 1.91 bits per heavy atom. The number of ether oxygens (including phenoxy) is 2. The minimum absolute atomic E-state index is 0.584. The van der Waals surface area contributed by atoms with Gasteiger partial charge in [-0.15, -0.1) is 0 Å². The van der Waals surface area contributed by atoms with Gasteiger partial charge in [0, 0.05) is 6.21 Å². The van der Waals surface area contributed by atoms with Crippen LogP contribution in [0.15, 0.2) is 39.8 Å². The lowest BCUT2D eigenvalue weighted by atomic mass is 10.1. The zero-order valence-electron chi connectivity index (χ0n) is 13.3. The van der Waals surface area contributed by atoms with E-state index in [1.165, 1.54) is 11.1 Å². The van der Waals surface area contributed by atoms with Gasteiger partial charge < -0.3 is 9.47 Å². The number of halogens is 1. The second-order valence-corrected chi connectivity index (χ2v) is 5.85. The van der Waals surface area contributed by atoms with Crippen molar-refractivity contribution in [1.29, 1.82) is 0 Å². The Bertz CT molecular complexity index is 696. The average Bonchev–Trinajstić information content (AvgIpc) is 2.49. The minimum atomic E-state index is 0.584. The summed E-state index contributed by atoms with van der Waals surface area (Å²) in [4.78, 5) is 4.53. The quantitative estimate of drug-likeness (QED) is 0.683. The molecule has 0 radical (unpaired) electrons. The van der Waals surface area contributed by atoms with Gasteiger partial charge in [0.15, 0.2) is 11.5 Å². The molecule has 0 aliphatic carbocycles. The van der Waals surface area contributed by atoms with Crippen LogP contribution in [0.3, 0.4) is 0 Å². The van der Waals surface area contributed by atoms with E-state index in [0.29, 0.717) is 18.1 Å². The van der Waals surface area contributed by atoms with Crippen LogP contribution in [-0.2, 0) is 0 Å². The predicted molar refractivity (Wildman–Crippen MR) is 95.0 cm³/mol. The molecule has 0 aromatic heterocycles. The topological polar surface area (TPSA) is 30.8 Å². The second kappa shape index (κ2) is 7.45. The van der Waals surface area contributed by atoms with Crippen LogP contribution in [0, 0.1) is 13.8 Å². The molecule has 3 nitrogen and oxygen atoms in total. The van der Waals surface area contributed by atoms with E-state index in [-0.39, 0.29) is 0 Å². The van der Waals surface area contributed by atoms with E-state index in [9.17, 15) is 0 Å². The lowest BCUT2D eigenvalue weighted by Crippen LogP contribution is -1.97. The van der Waals surface area contributed by atoms with Gasteiger partial charge in [0.2, 0.25) is 0 Å². The summed E-state index contributed by atoms with van der Waals surface area (Å²) >= 11 is 3.51. The Kier molecular flexibility index (Phi) is 5.61. The first kappa shape index (κ1) is 16.6. The molecule has 0 aliphatic rings. The molecule has 0 N–H and O–H groups in total. The van der Waals surface area contributed by atoms with E-state index in [0.717, 1.165) is 15.7 Å². The molecule has 2 aromatic carbocycles. The summed E-state index contributed by atoms with van der Waals surface area (Å²) in [6.45, 7) is 6.72. The SMILES string of the molecule is CCOc1cc(C=Nc2ccc(C)c(C)c2)cc(Br)c1OC. The summed E-state index contributed by atoms with van der Waals surface area (Å²) in [7, 11) is 1.63. The summed E-state index contributed by atoms with van der Waals surface area (Å²) in [5.74, 6) is 1.41. The van der Waals surface area contributed by atoms with Crippen LogP contribution in [0.4, 0.5) is 5.69 Å². The number of hydrogen-bond acceptors (Lipinski definition) is 3. The Labute approximate surface area is 140 Å². The molecule has 4 heteroatoms. The Balaban J connectivity index is 2.32. The standard InChI is InChI=1S/C18H20BrNO2/c1-5-22-17-10-14(9-16(19)18(17)21-4)11-20-15-7-6-12(2)13(3)8-15/h6-11H,5H2,1-4H3. The first-order chi connectivity index (χ1) is 10.5. The number of benzene rings is 2. The maximum absolute atomic E-state index is 5.62. The number of rotatable bonds is 5. The number of methoxy groups -OCH3 is 1. The minimum Gasteiger partial charge on any atom is -0.492 e. The molecular formula is C18H20BrNO2. The Morgan fingerprint density at radius 1 is 1.14 bits per heavy atom. The molecule has 0 saturated heterocycles. The first-order valence-electron chi connectivity index (χ1n) is 7.16. The van der Waals surface area contributed by atoms with E-state index in [1.807, 2.05) is 31.3 Å². The fraction of sp³-hybridized carbons (Fsp3) is 0.278. The maximum atomic E-state index is 5.62. The van der Waals surface area contributed by atoms with Crippen LogP contribution in [0.1, 0.15) is 23.6 Å². The van der Waals surface area contributed by atoms with Crippen molar-refractivity contribution >= 4 is 27.8 Å². The lowest BCUT2D eigenvalue weighted by Gasteiger charge is -2.11. The molecule has 0 atom stereocenters. The number of aliphatic imine (C=N–C) groups is 1. The van der Waals surface area contributed by atoms with Gasteiger partial charge in [-0.3, -0.25) is 4.99 Å². The van der Waals surface area contributed by atoms with Gasteiger partial charge in [-0.25, -0.2) is 0 Å². The van der Waals surface area contributed by atoms with Crippen molar-refractivity contribution in [2.45, 2.75) is 20.8 Å². The van der Waals surface area contributed by atoms with Crippen molar-refractivity contribution in [3.8, 4) is 11.5 Å². The molecule has 116 valence electrons. The van der Waals surface area contributed by atoms with Crippen molar-refractivity contribution in [3.63, 3.8) is 0 Å². The van der Waals surface area contributed by atoms with Crippen LogP contribution in [0.5, 0.6) is 11.5 Å². The highest BCUT2D eigenvalue weighted by molar-refractivity contribution is 9.10. The molecule has 0 saturated carbocycles. The van der Waals surface area contributed by atoms with Gasteiger partial charge in [0.25, 0.3) is 0 Å². The molecule has 0 fully saturated rings. The summed E-state index contributed by atoms with van der Waals surface area (Å²) in [5, 5.41) is 0. The fourth-order valence-electron chi connectivity index (χ4n) is 2.08. The third-order valence-corrected chi connectivity index (χ3v) is 3.98. The number of nitrogens with zero attached hydrogens (tertiary/aromatic N) is 1. The summed E-state index contributed by atoms with van der Waals surface area (Å²) in [6, 6.07) is 10.1. The lowest BCUT2D eigenvalue weighted by molar-refractivity contribution is 0.310. The van der Waals surface area contributed by atoms with Crippen LogP contribution < -0.4 is 9.47 Å². The highest BCUT2D eigenvalue weighted by Gasteiger charge is 2.10. The van der Waals surface area contributed by atoms with Crippen LogP contribution in [-0.4, -0.2) is 19.9 Å². The van der Waals surface area contributed by atoms with Crippen molar-refractivity contribution in [2.75, 3.05) is 13.7 Å². The Hall–Kier alpha value is -1.81. The van der Waals surface area contributed by atoms with Crippen molar-refractivity contribution in [1.82, 2.24) is 0 Å². The van der Waals surface area contributed by atoms with Crippen molar-refractivity contribution in [3.05, 3.63) is 51.5 Å². The van der Waals surface area contributed by atoms with Gasteiger partial charge in [0.1, 0.15) is 0 Å². The largest absolute Gasteiger partial charge is 0.492 e. The van der Waals surface area contributed by atoms with Crippen LogP contribution in [0.2, 0.25) is 0 Å². The third kappa shape index (κ3) is 3.89. The van der Waals surface area contributed by atoms with Gasteiger partial charge in [-0.2, -0.15) is 0 Å². The second-order valence-electron chi connectivity index (χ2n) is 4.99. The Morgan fingerprint density at radius 3 is 2.55 bits per heavy atom. The average molecular weight is 362 g/mol. The first-order valence-corrected chi connectivity index (χ1v) is 7.96. The summed E-state index contributed by atoms with van der Waals surface area (Å²) in [5.41, 5.74) is 4.40. The van der Waals surface area contributed by atoms with E-state index in [2.05, 4.69) is 46.9 Å². The van der Waals surface area contributed by atoms with Gasteiger partial charge in [-0.1, -0.05) is 6.07 Å². The van der Waals surface area contributed by atoms with Crippen molar-refractivity contribution in [2.24, 2.45) is 4.99 Å². The van der Waals surface area contributed by atoms with E-state index in [1.54, 1.807) is 7.11 Å². The molecule has 0 heterocycles. The molecule has 2 aromatic rings. The molecule has 0 aliphatic heterocycles. The summed E-state index contributed by atoms with van der Waals surface area (Å²) < 4.78 is 11.8. The van der Waals surface area contributed by atoms with E-state index < -0.39 is 0 Å². The summed E-state index contributed by atoms with van der Waals surface area (Å²) in [6.07, 6.45) is 1.83. The molecule has 22 heavy (non-hydrogen) atoms. The molecule has 2 rings (SSSR count). The highest BCUT2D eigenvalue weighted by atomic mass is 79.9. The van der Waals surface area contributed by atoms with E-state index in [4.69, 9.17) is 9.47 Å². The smallest absolute Gasteiger partial charge is 0.174 e. The van der Waals surface area contributed by atoms with Crippen LogP contribution in [0.25, 0.3) is 0 Å². The normalized spacial score (nSPS) is 11.0. The molecule has 0 amide bonds. The highest BCUT2D eigenvalue weighted by Crippen LogP contribution is 2.36. The van der Waals surface area contributed by atoms with Gasteiger partial charge in [-0.05, 0) is 77.7 Å². The third-order valence-electron chi connectivity index (χ3n) is 3.39. The maximum Gasteiger partial charge on any atom is 0.174 e. The molecule has 0 bridgehead atoms. The van der Waals surface area contributed by atoms with Gasteiger partial charge in [0.05, 0.1) is 23.9 Å². The number of aryl methyl sites for hydroxylation is 2. The molecule has 0 spiro atoms. The van der Waals surface area contributed by atoms with Crippen LogP contribution >= 0.6 is 15.9 Å². The van der Waals surface area contributed by atoms with Gasteiger partial charge >= 0.3 is 0 Å². The zero-order valence-corrected chi connectivity index (χ0v) is 14.9. The zero-order chi connectivity index (χ0) is 16.1. The fourth-order valence-corrected chi connectivity index (χ4v) is 2.70. The monoisotopic (exact) mass is 361 g/mol. The van der Waals surface area contributed by atoms with Crippen molar-refractivity contribution < 1.29 is 9.47 Å². The number of hydrogen-bond donors (Lipinski definition) is 0. The molecular weight excluding hydrogens is 342 g/mol. The predicted octanol–water partition coefficient (Wildman–Crippen LogP) is 5.22.